The van der Waals surface area contributed by atoms with Gasteiger partial charge < -0.3 is 24.4 Å². The molecule has 39 heavy (non-hydrogen) atoms. The van der Waals surface area contributed by atoms with Crippen LogP contribution in [0.3, 0.4) is 0 Å². The summed E-state index contributed by atoms with van der Waals surface area (Å²) in [5.41, 5.74) is 1.98. The maximum atomic E-state index is 12.7. The number of rotatable bonds is 10. The number of aliphatic hydroxyl groups is 2. The third kappa shape index (κ3) is 7.24. The number of hydrogen-bond acceptors (Lipinski definition) is 7. The van der Waals surface area contributed by atoms with Gasteiger partial charge >= 0.3 is 5.97 Å². The number of carbonyl (C=O) groups excluding carboxylic acids is 2. The molecule has 1 aromatic heterocycles. The lowest BCUT2D eigenvalue weighted by Gasteiger charge is -2.20. The molecule has 0 radical (unpaired) electrons. The van der Waals surface area contributed by atoms with Gasteiger partial charge in [0, 0.05) is 41.1 Å². The van der Waals surface area contributed by atoms with Crippen molar-refractivity contribution in [1.29, 1.82) is 0 Å². The monoisotopic (exact) mass is 598 g/mol. The molecule has 1 amide bonds. The second-order valence-electron chi connectivity index (χ2n) is 8.18. The molecule has 0 spiro atoms. The highest BCUT2D eigenvalue weighted by molar-refractivity contribution is 9.10. The van der Waals surface area contributed by atoms with Gasteiger partial charge in [-0.1, -0.05) is 44.2 Å². The van der Waals surface area contributed by atoms with E-state index in [1.54, 1.807) is 47.0 Å². The van der Waals surface area contributed by atoms with Crippen LogP contribution >= 0.6 is 15.9 Å². The number of carbonyl (C=O) groups is 2. The molecule has 0 saturated heterocycles. The Balaban J connectivity index is 0.00000205. The van der Waals surface area contributed by atoms with Crippen LogP contribution in [0, 0.1) is 0 Å². The zero-order valence-electron chi connectivity index (χ0n) is 21.7. The average Bonchev–Trinajstić information content (AvgIpc) is 3.32. The number of aromatic nitrogens is 1. The molecule has 206 valence electrons. The number of aliphatic hydroxyl groups excluding tert-OH is 2. The quantitative estimate of drug-likeness (QED) is 0.167. The summed E-state index contributed by atoms with van der Waals surface area (Å²) in [6, 6.07) is 21.3. The Morgan fingerprint density at radius 1 is 0.897 bits per heavy atom. The fourth-order valence-electron chi connectivity index (χ4n) is 4.03. The van der Waals surface area contributed by atoms with E-state index in [2.05, 4.69) is 20.8 Å². The second-order valence-corrected chi connectivity index (χ2v) is 9.04. The van der Waals surface area contributed by atoms with Crippen molar-refractivity contribution in [1.82, 2.24) is 9.47 Å². The largest absolute Gasteiger partial charge is 0.457 e. The molecule has 0 unspecified atom stereocenters. The van der Waals surface area contributed by atoms with Crippen LogP contribution in [0.1, 0.15) is 40.3 Å². The second kappa shape index (κ2) is 14.5. The topological polar surface area (TPSA) is 121 Å². The minimum absolute atomic E-state index is 0.116. The van der Waals surface area contributed by atoms with Gasteiger partial charge in [0.1, 0.15) is 17.2 Å². The molecule has 10 heteroatoms. The van der Waals surface area contributed by atoms with Gasteiger partial charge in [-0.15, -0.1) is 0 Å². The van der Waals surface area contributed by atoms with Crippen molar-refractivity contribution < 1.29 is 34.7 Å². The fraction of sp³-hybridized carbons (Fsp3) is 0.241. The molecule has 0 saturated carbocycles. The molecule has 0 fully saturated rings. The average molecular weight is 599 g/mol. The fourth-order valence-corrected chi connectivity index (χ4v) is 4.58. The number of para-hydroxylation sites is 1. The molecule has 3 N–H and O–H groups in total. The summed E-state index contributed by atoms with van der Waals surface area (Å²) in [6.07, 6.45) is 0. The lowest BCUT2D eigenvalue weighted by Crippen LogP contribution is -2.35. The molecule has 9 nitrogen and oxygen atoms in total. The van der Waals surface area contributed by atoms with E-state index in [1.807, 2.05) is 44.2 Å². The van der Waals surface area contributed by atoms with Gasteiger partial charge in [-0.25, -0.2) is 4.79 Å². The van der Waals surface area contributed by atoms with E-state index in [9.17, 15) is 19.8 Å². The Kier molecular flexibility index (Phi) is 11.1. The first-order valence-corrected chi connectivity index (χ1v) is 13.3. The van der Waals surface area contributed by atoms with E-state index in [4.69, 9.17) is 9.99 Å². The normalized spacial score (nSPS) is 10.5. The van der Waals surface area contributed by atoms with Crippen LogP contribution in [0.4, 0.5) is 0 Å². The number of halogens is 1. The highest BCUT2D eigenvalue weighted by atomic mass is 79.9. The zero-order chi connectivity index (χ0) is 28.4. The van der Waals surface area contributed by atoms with Crippen molar-refractivity contribution in [3.05, 3.63) is 94.1 Å². The molecule has 0 bridgehead atoms. The number of hydrogen-bond donors (Lipinski definition) is 3. The van der Waals surface area contributed by atoms with Crippen LogP contribution in [0.5, 0.6) is 11.5 Å². The maximum absolute atomic E-state index is 12.7. The number of nitrogens with zero attached hydrogens (tertiary/aromatic N) is 2. The molecule has 0 aliphatic carbocycles. The Labute approximate surface area is 234 Å². The van der Waals surface area contributed by atoms with E-state index in [0.717, 1.165) is 10.9 Å². The van der Waals surface area contributed by atoms with Crippen LogP contribution in [0.15, 0.2) is 77.3 Å². The number of benzene rings is 3. The molecule has 3 aromatic carbocycles. The first-order valence-electron chi connectivity index (χ1n) is 12.5. The summed E-state index contributed by atoms with van der Waals surface area (Å²) < 4.78 is 8.37. The standard InChI is InChI=1S/C27H25BrN2O7.C2H6/c28-23-14-21(36-20-4-2-1-3-5-20)15-24-22(23)16-25(27(34)37-35)30(24)17-18-6-8-19(9-7-18)26(33)29(10-12-31)11-13-32;1-2/h1-9,14-16,31-32,35H,10-13,17H2;1-2H3. The summed E-state index contributed by atoms with van der Waals surface area (Å²) in [4.78, 5) is 30.5. The highest BCUT2D eigenvalue weighted by Gasteiger charge is 2.21. The van der Waals surface area contributed by atoms with Gasteiger partial charge in [0.25, 0.3) is 5.91 Å². The Hall–Kier alpha value is -3.70. The Morgan fingerprint density at radius 3 is 2.13 bits per heavy atom. The van der Waals surface area contributed by atoms with Gasteiger partial charge in [-0.05, 0) is 57.9 Å². The summed E-state index contributed by atoms with van der Waals surface area (Å²) >= 11 is 3.54. The Bertz CT molecular complexity index is 1380. The van der Waals surface area contributed by atoms with Crippen LogP contribution < -0.4 is 4.74 Å². The van der Waals surface area contributed by atoms with Gasteiger partial charge in [-0.2, -0.15) is 5.26 Å². The molecule has 0 aliphatic rings. The van der Waals surface area contributed by atoms with Crippen LogP contribution in [0.25, 0.3) is 10.9 Å². The highest BCUT2D eigenvalue weighted by Crippen LogP contribution is 2.35. The third-order valence-electron chi connectivity index (χ3n) is 5.78. The minimum Gasteiger partial charge on any atom is -0.457 e. The molecular weight excluding hydrogens is 568 g/mol. The van der Waals surface area contributed by atoms with Crippen molar-refractivity contribution >= 4 is 38.7 Å². The van der Waals surface area contributed by atoms with Gasteiger partial charge in [0.05, 0.1) is 18.7 Å². The molecule has 4 rings (SSSR count). The summed E-state index contributed by atoms with van der Waals surface area (Å²) in [5, 5.41) is 28.2. The van der Waals surface area contributed by atoms with Crippen molar-refractivity contribution in [2.45, 2.75) is 20.4 Å². The van der Waals surface area contributed by atoms with Crippen molar-refractivity contribution in [2.24, 2.45) is 0 Å². The van der Waals surface area contributed by atoms with Crippen LogP contribution in [-0.2, 0) is 11.4 Å². The summed E-state index contributed by atoms with van der Waals surface area (Å²) in [7, 11) is 0. The SMILES string of the molecule is CC.O=C(OO)c1cc2c(Br)cc(Oc3ccccc3)cc2n1Cc1ccc(C(=O)N(CCO)CCO)cc1. The molecular formula is C29H31BrN2O7. The summed E-state index contributed by atoms with van der Waals surface area (Å²) in [6.45, 7) is 4.05. The number of amides is 1. The van der Waals surface area contributed by atoms with E-state index in [1.165, 1.54) is 4.90 Å². The number of ether oxygens (including phenoxy) is 1. The van der Waals surface area contributed by atoms with E-state index >= 15 is 0 Å². The molecule has 4 aromatic rings. The lowest BCUT2D eigenvalue weighted by atomic mass is 10.1. The third-order valence-corrected chi connectivity index (χ3v) is 6.44. The smallest absolute Gasteiger partial charge is 0.389 e. The molecule has 1 heterocycles. The predicted molar refractivity (Wildman–Crippen MR) is 151 cm³/mol. The molecule has 0 atom stereocenters. The zero-order valence-corrected chi connectivity index (χ0v) is 23.3. The Morgan fingerprint density at radius 2 is 1.54 bits per heavy atom. The predicted octanol–water partition coefficient (Wildman–Crippen LogP) is 5.33. The number of fused-ring (bicyclic) bond motifs is 1. The first-order chi connectivity index (χ1) is 18.9. The first kappa shape index (κ1) is 29.9. The van der Waals surface area contributed by atoms with Crippen molar-refractivity contribution in [3.8, 4) is 11.5 Å². The summed E-state index contributed by atoms with van der Waals surface area (Å²) in [5.74, 6) is -0.0255. The van der Waals surface area contributed by atoms with Crippen molar-refractivity contribution in [2.75, 3.05) is 26.3 Å². The lowest BCUT2D eigenvalue weighted by molar-refractivity contribution is -0.183. The minimum atomic E-state index is -0.913. The van der Waals surface area contributed by atoms with Gasteiger partial charge in [0.15, 0.2) is 0 Å². The van der Waals surface area contributed by atoms with E-state index in [-0.39, 0.29) is 44.4 Å². The van der Waals surface area contributed by atoms with Gasteiger partial charge in [0.2, 0.25) is 0 Å². The maximum Gasteiger partial charge on any atom is 0.389 e. The van der Waals surface area contributed by atoms with Crippen LogP contribution in [0.2, 0.25) is 0 Å². The molecule has 0 aliphatic heterocycles. The van der Waals surface area contributed by atoms with E-state index in [0.29, 0.717) is 27.1 Å². The van der Waals surface area contributed by atoms with Gasteiger partial charge in [-0.3, -0.25) is 9.68 Å². The van der Waals surface area contributed by atoms with Crippen LogP contribution in [-0.4, -0.2) is 63.1 Å². The van der Waals surface area contributed by atoms with Crippen molar-refractivity contribution in [3.63, 3.8) is 0 Å². The van der Waals surface area contributed by atoms with E-state index < -0.39 is 5.97 Å².